The molecule has 0 saturated carbocycles. The van der Waals surface area contributed by atoms with Gasteiger partial charge in [0.25, 0.3) is 0 Å². The molecule has 1 aliphatic rings. The van der Waals surface area contributed by atoms with Crippen LogP contribution in [-0.4, -0.2) is 59.6 Å². The Balaban J connectivity index is 1.66. The van der Waals surface area contributed by atoms with Crippen molar-refractivity contribution in [1.29, 1.82) is 0 Å². The van der Waals surface area contributed by atoms with Crippen LogP contribution in [0.15, 0.2) is 41.6 Å². The van der Waals surface area contributed by atoms with Gasteiger partial charge < -0.3 is 10.2 Å². The van der Waals surface area contributed by atoms with Gasteiger partial charge in [0.2, 0.25) is 10.0 Å². The maximum atomic E-state index is 12.8. The first-order chi connectivity index (χ1) is 13.6. The predicted octanol–water partition coefficient (Wildman–Crippen LogP) is 2.37. The fourth-order valence-corrected chi connectivity index (χ4v) is 4.45. The second kappa shape index (κ2) is 8.03. The second-order valence-corrected chi connectivity index (χ2v) is 8.54. The van der Waals surface area contributed by atoms with Crippen molar-refractivity contribution in [2.75, 3.05) is 31.5 Å². The number of aromatic nitrogens is 2. The molecule has 2 heterocycles. The molecule has 0 spiro atoms. The highest BCUT2D eigenvalue weighted by molar-refractivity contribution is 7.89. The molecule has 29 heavy (non-hydrogen) atoms. The lowest BCUT2D eigenvalue weighted by atomic mass is 10.2. The number of nitrogens with zero attached hydrogens (tertiary/aromatic N) is 4. The number of benzene rings is 1. The van der Waals surface area contributed by atoms with Crippen LogP contribution in [-0.2, 0) is 23.2 Å². The van der Waals surface area contributed by atoms with E-state index in [1.165, 1.54) is 38.4 Å². The summed E-state index contributed by atoms with van der Waals surface area (Å²) in [7, 11) is -2.12. The topological polar surface area (TPSA) is 87.5 Å². The number of urea groups is 1. The van der Waals surface area contributed by atoms with Gasteiger partial charge in [0.15, 0.2) is 0 Å². The molecule has 1 aliphatic heterocycles. The van der Waals surface area contributed by atoms with Crippen molar-refractivity contribution in [3.05, 3.63) is 42.2 Å². The molecule has 0 unspecified atom stereocenters. The Hall–Kier alpha value is -2.60. The van der Waals surface area contributed by atoms with Gasteiger partial charge in [0, 0.05) is 45.1 Å². The Kier molecular flexibility index (Phi) is 5.85. The van der Waals surface area contributed by atoms with Gasteiger partial charge in [-0.25, -0.2) is 13.2 Å². The molecule has 1 N–H and O–H groups in total. The molecule has 0 radical (unpaired) electrons. The lowest BCUT2D eigenvalue weighted by Crippen LogP contribution is -2.39. The number of alkyl halides is 3. The van der Waals surface area contributed by atoms with Gasteiger partial charge in [-0.3, -0.25) is 4.68 Å². The van der Waals surface area contributed by atoms with Crippen LogP contribution < -0.4 is 5.32 Å². The van der Waals surface area contributed by atoms with Crippen molar-refractivity contribution in [3.8, 4) is 0 Å². The average molecular weight is 431 g/mol. The first kappa shape index (κ1) is 21.1. The molecule has 1 aromatic carbocycles. The number of rotatable bonds is 3. The summed E-state index contributed by atoms with van der Waals surface area (Å²) >= 11 is 0. The molecule has 2 aromatic rings. The highest BCUT2D eigenvalue weighted by Gasteiger charge is 2.31. The van der Waals surface area contributed by atoms with E-state index in [1.807, 2.05) is 0 Å². The predicted molar refractivity (Wildman–Crippen MR) is 98.6 cm³/mol. The number of carbonyl (C=O) groups excluding carboxylic acids is 1. The van der Waals surface area contributed by atoms with Gasteiger partial charge in [-0.1, -0.05) is 6.07 Å². The molecule has 3 rings (SSSR count). The van der Waals surface area contributed by atoms with Crippen molar-refractivity contribution >= 4 is 21.7 Å². The van der Waals surface area contributed by atoms with E-state index in [2.05, 4.69) is 10.4 Å². The number of anilines is 1. The maximum absolute atomic E-state index is 12.8. The third kappa shape index (κ3) is 4.88. The summed E-state index contributed by atoms with van der Waals surface area (Å²) in [6, 6.07) is 3.77. The summed E-state index contributed by atoms with van der Waals surface area (Å²) in [5.74, 6) is 0. The molecular formula is C17H20F3N5O3S. The summed E-state index contributed by atoms with van der Waals surface area (Å²) in [5.41, 5.74) is -0.839. The van der Waals surface area contributed by atoms with E-state index >= 15 is 0 Å². The first-order valence-corrected chi connectivity index (χ1v) is 10.2. The van der Waals surface area contributed by atoms with Crippen LogP contribution in [0, 0.1) is 0 Å². The van der Waals surface area contributed by atoms with Gasteiger partial charge in [0.1, 0.15) is 4.90 Å². The van der Waals surface area contributed by atoms with Crippen LogP contribution >= 0.6 is 0 Å². The second-order valence-electron chi connectivity index (χ2n) is 6.60. The molecule has 0 aliphatic carbocycles. The van der Waals surface area contributed by atoms with Crippen LogP contribution in [0.4, 0.5) is 23.7 Å². The molecule has 1 aromatic heterocycles. The van der Waals surface area contributed by atoms with Crippen LogP contribution in [0.3, 0.4) is 0 Å². The van der Waals surface area contributed by atoms with E-state index in [-0.39, 0.29) is 36.8 Å². The van der Waals surface area contributed by atoms with Crippen LogP contribution in [0.25, 0.3) is 0 Å². The summed E-state index contributed by atoms with van der Waals surface area (Å²) in [4.78, 5) is 13.9. The Labute approximate surface area is 165 Å². The smallest absolute Gasteiger partial charge is 0.323 e. The molecule has 0 atom stereocenters. The van der Waals surface area contributed by atoms with E-state index in [0.29, 0.717) is 6.42 Å². The van der Waals surface area contributed by atoms with Crippen LogP contribution in [0.1, 0.15) is 12.0 Å². The number of halogens is 3. The number of carbonyl (C=O) groups is 1. The van der Waals surface area contributed by atoms with Crippen molar-refractivity contribution in [1.82, 2.24) is 19.0 Å². The zero-order valence-corrected chi connectivity index (χ0v) is 16.4. The molecule has 1 fully saturated rings. The van der Waals surface area contributed by atoms with E-state index in [9.17, 15) is 26.4 Å². The number of aryl methyl sites for hydroxylation is 1. The molecule has 12 heteroatoms. The zero-order valence-electron chi connectivity index (χ0n) is 15.6. The minimum atomic E-state index is -4.51. The molecule has 158 valence electrons. The summed E-state index contributed by atoms with van der Waals surface area (Å²) in [5, 5.41) is 6.32. The molecule has 2 amide bonds. The largest absolute Gasteiger partial charge is 0.416 e. The zero-order chi connectivity index (χ0) is 21.2. The number of hydrogen-bond acceptors (Lipinski definition) is 4. The van der Waals surface area contributed by atoms with Crippen LogP contribution in [0.2, 0.25) is 0 Å². The highest BCUT2D eigenvalue weighted by Crippen LogP contribution is 2.30. The van der Waals surface area contributed by atoms with E-state index < -0.39 is 27.8 Å². The summed E-state index contributed by atoms with van der Waals surface area (Å²) < 4.78 is 66.5. The fraction of sp³-hybridized carbons (Fsp3) is 0.412. The van der Waals surface area contributed by atoms with E-state index in [0.717, 1.165) is 12.1 Å². The average Bonchev–Trinajstić information content (AvgIpc) is 2.94. The molecule has 1 saturated heterocycles. The Morgan fingerprint density at radius 2 is 1.93 bits per heavy atom. The quantitative estimate of drug-likeness (QED) is 0.808. The maximum Gasteiger partial charge on any atom is 0.416 e. The lowest BCUT2D eigenvalue weighted by Gasteiger charge is -2.22. The van der Waals surface area contributed by atoms with E-state index in [1.54, 1.807) is 7.05 Å². The van der Waals surface area contributed by atoms with Crippen molar-refractivity contribution in [3.63, 3.8) is 0 Å². The number of hydrogen-bond donors (Lipinski definition) is 1. The van der Waals surface area contributed by atoms with E-state index in [4.69, 9.17) is 0 Å². The van der Waals surface area contributed by atoms with Gasteiger partial charge in [0.05, 0.1) is 11.8 Å². The van der Waals surface area contributed by atoms with Gasteiger partial charge in [-0.15, -0.1) is 0 Å². The Morgan fingerprint density at radius 1 is 1.17 bits per heavy atom. The minimum absolute atomic E-state index is 0.0221. The van der Waals surface area contributed by atoms with Gasteiger partial charge >= 0.3 is 12.2 Å². The molecule has 0 bridgehead atoms. The van der Waals surface area contributed by atoms with Crippen molar-refractivity contribution < 1.29 is 26.4 Å². The lowest BCUT2D eigenvalue weighted by molar-refractivity contribution is -0.137. The summed E-state index contributed by atoms with van der Waals surface area (Å²) in [6.07, 6.45) is -1.45. The van der Waals surface area contributed by atoms with Gasteiger partial charge in [-0.2, -0.15) is 22.6 Å². The molecular weight excluding hydrogens is 411 g/mol. The van der Waals surface area contributed by atoms with Gasteiger partial charge in [-0.05, 0) is 24.6 Å². The fourth-order valence-electron chi connectivity index (χ4n) is 2.99. The Morgan fingerprint density at radius 3 is 2.59 bits per heavy atom. The van der Waals surface area contributed by atoms with Crippen molar-refractivity contribution in [2.24, 2.45) is 7.05 Å². The number of nitrogens with one attached hydrogen (secondary N) is 1. The third-order valence-electron chi connectivity index (χ3n) is 4.50. The SMILES string of the molecule is Cn1cc(S(=O)(=O)N2CCCN(C(=O)Nc3cccc(C(F)(F)F)c3)CC2)cn1. The first-order valence-electron chi connectivity index (χ1n) is 8.79. The van der Waals surface area contributed by atoms with Crippen LogP contribution in [0.5, 0.6) is 0 Å². The molecule has 8 nitrogen and oxygen atoms in total. The number of sulfonamides is 1. The highest BCUT2D eigenvalue weighted by atomic mass is 32.2. The standard InChI is InChI=1S/C17H20F3N5O3S/c1-23-12-15(11-21-23)29(27,28)25-7-3-6-24(8-9-25)16(26)22-14-5-2-4-13(10-14)17(18,19)20/h2,4-5,10-12H,3,6-9H2,1H3,(H,22,26). The van der Waals surface area contributed by atoms with Crippen molar-refractivity contribution in [2.45, 2.75) is 17.5 Å². The normalized spacial score (nSPS) is 16.5. The summed E-state index contributed by atoms with van der Waals surface area (Å²) in [6.45, 7) is 0.700. The number of amides is 2. The third-order valence-corrected chi connectivity index (χ3v) is 6.35. The Bertz CT molecular complexity index is 990. The minimum Gasteiger partial charge on any atom is -0.323 e. The monoisotopic (exact) mass is 431 g/mol.